The molecule has 1 saturated heterocycles. The maximum atomic E-state index is 3.52. The van der Waals surface area contributed by atoms with Gasteiger partial charge < -0.3 is 5.32 Å². The van der Waals surface area contributed by atoms with E-state index in [4.69, 9.17) is 0 Å². The van der Waals surface area contributed by atoms with Crippen LogP contribution in [0.2, 0.25) is 0 Å². The predicted molar refractivity (Wildman–Crippen MR) is 47.6 cm³/mol. The van der Waals surface area contributed by atoms with Crippen molar-refractivity contribution >= 4 is 0 Å². The van der Waals surface area contributed by atoms with E-state index in [2.05, 4.69) is 5.32 Å². The Morgan fingerprint density at radius 1 is 0.727 bits per heavy atom. The molecule has 0 amide bonds. The molecule has 1 saturated carbocycles. The van der Waals surface area contributed by atoms with Crippen molar-refractivity contribution in [3.8, 4) is 0 Å². The molecule has 1 nitrogen and oxygen atoms in total. The maximum absolute atomic E-state index is 3.52. The second kappa shape index (κ2) is 3.57. The van der Waals surface area contributed by atoms with Crippen molar-refractivity contribution in [2.45, 2.75) is 38.5 Å². The third-order valence-corrected chi connectivity index (χ3v) is 3.38. The molecule has 1 aliphatic heterocycles. The average molecular weight is 153 g/mol. The molecule has 1 heterocycles. The molecule has 0 aromatic rings. The second-order valence-electron chi connectivity index (χ2n) is 4.17. The van der Waals surface area contributed by atoms with Crippen LogP contribution in [0.1, 0.15) is 38.5 Å². The molecule has 1 aliphatic carbocycles. The molecule has 0 spiro atoms. The molecule has 0 bridgehead atoms. The molecular formula is C10H19N. The van der Waals surface area contributed by atoms with Gasteiger partial charge in [-0.3, -0.25) is 0 Å². The lowest BCUT2D eigenvalue weighted by Gasteiger charge is -2.20. The highest BCUT2D eigenvalue weighted by Crippen LogP contribution is 2.29. The van der Waals surface area contributed by atoms with E-state index < -0.39 is 0 Å². The first-order valence-corrected chi connectivity index (χ1v) is 5.17. The van der Waals surface area contributed by atoms with Crippen LogP contribution in [0.3, 0.4) is 0 Å². The third-order valence-electron chi connectivity index (χ3n) is 3.38. The molecule has 11 heavy (non-hydrogen) atoms. The van der Waals surface area contributed by atoms with Gasteiger partial charge in [0.25, 0.3) is 0 Å². The van der Waals surface area contributed by atoms with Gasteiger partial charge >= 0.3 is 0 Å². The highest BCUT2D eigenvalue weighted by molar-refractivity contribution is 4.81. The number of hydrogen-bond acceptors (Lipinski definition) is 1. The molecular weight excluding hydrogens is 134 g/mol. The fourth-order valence-corrected chi connectivity index (χ4v) is 2.63. The van der Waals surface area contributed by atoms with E-state index in [0.717, 1.165) is 11.8 Å². The number of hydrogen-bond donors (Lipinski definition) is 1. The minimum absolute atomic E-state index is 1.04. The van der Waals surface area contributed by atoms with E-state index in [1.165, 1.54) is 51.6 Å². The lowest BCUT2D eigenvalue weighted by molar-refractivity contribution is 0.324. The van der Waals surface area contributed by atoms with Gasteiger partial charge in [0, 0.05) is 0 Å². The highest BCUT2D eigenvalue weighted by Gasteiger charge is 2.26. The fourth-order valence-electron chi connectivity index (χ4n) is 2.63. The van der Waals surface area contributed by atoms with Crippen molar-refractivity contribution in [2.75, 3.05) is 13.1 Å². The summed E-state index contributed by atoms with van der Waals surface area (Å²) in [6, 6.07) is 0. The van der Waals surface area contributed by atoms with Crippen LogP contribution in [0.4, 0.5) is 0 Å². The van der Waals surface area contributed by atoms with E-state index in [1.54, 1.807) is 0 Å². The molecule has 64 valence electrons. The zero-order valence-electron chi connectivity index (χ0n) is 7.31. The molecule has 2 aliphatic rings. The zero-order chi connectivity index (χ0) is 7.52. The minimum atomic E-state index is 1.04. The Labute approximate surface area is 69.6 Å². The first kappa shape index (κ1) is 7.60. The third kappa shape index (κ3) is 1.76. The molecule has 0 aromatic carbocycles. The summed E-state index contributed by atoms with van der Waals surface area (Å²) in [5, 5.41) is 3.52. The summed E-state index contributed by atoms with van der Waals surface area (Å²) >= 11 is 0. The van der Waals surface area contributed by atoms with Crippen LogP contribution in [0.15, 0.2) is 0 Å². The smallest absolute Gasteiger partial charge is 0.00173 e. The van der Waals surface area contributed by atoms with Gasteiger partial charge in [-0.2, -0.15) is 0 Å². The average Bonchev–Trinajstić information content (AvgIpc) is 2.35. The van der Waals surface area contributed by atoms with E-state index in [9.17, 15) is 0 Å². The summed E-state index contributed by atoms with van der Waals surface area (Å²) < 4.78 is 0. The van der Waals surface area contributed by atoms with Gasteiger partial charge in [0.2, 0.25) is 0 Å². The van der Waals surface area contributed by atoms with Gasteiger partial charge in [-0.15, -0.1) is 0 Å². The fraction of sp³-hybridized carbons (Fsp3) is 1.00. The van der Waals surface area contributed by atoms with Gasteiger partial charge in [0.15, 0.2) is 0 Å². The predicted octanol–water partition coefficient (Wildman–Crippen LogP) is 2.18. The Bertz CT molecular complexity index is 108. The minimum Gasteiger partial charge on any atom is -0.316 e. The Morgan fingerprint density at radius 3 is 1.82 bits per heavy atom. The number of fused-ring (bicyclic) bond motifs is 1. The van der Waals surface area contributed by atoms with Crippen LogP contribution in [0, 0.1) is 11.8 Å². The first-order chi connectivity index (χ1) is 5.47. The monoisotopic (exact) mass is 153 g/mol. The Kier molecular flexibility index (Phi) is 2.47. The summed E-state index contributed by atoms with van der Waals surface area (Å²) in [6.45, 7) is 2.62. The van der Waals surface area contributed by atoms with Crippen molar-refractivity contribution in [3.05, 3.63) is 0 Å². The molecule has 0 aromatic heterocycles. The van der Waals surface area contributed by atoms with Gasteiger partial charge in [-0.25, -0.2) is 0 Å². The van der Waals surface area contributed by atoms with Crippen molar-refractivity contribution in [3.63, 3.8) is 0 Å². The van der Waals surface area contributed by atoms with Gasteiger partial charge in [0.1, 0.15) is 0 Å². The van der Waals surface area contributed by atoms with Crippen LogP contribution in [0.25, 0.3) is 0 Å². The normalized spacial score (nSPS) is 39.3. The van der Waals surface area contributed by atoms with E-state index in [-0.39, 0.29) is 0 Å². The van der Waals surface area contributed by atoms with Gasteiger partial charge in [-0.05, 0) is 37.8 Å². The lowest BCUT2D eigenvalue weighted by Crippen LogP contribution is -2.14. The van der Waals surface area contributed by atoms with Crippen molar-refractivity contribution in [1.82, 2.24) is 5.32 Å². The molecule has 0 radical (unpaired) electrons. The molecule has 2 unspecified atom stereocenters. The summed E-state index contributed by atoms with van der Waals surface area (Å²) in [5.41, 5.74) is 0. The maximum Gasteiger partial charge on any atom is -0.00173 e. The highest BCUT2D eigenvalue weighted by atomic mass is 14.9. The molecule has 2 fully saturated rings. The Morgan fingerprint density at radius 2 is 1.27 bits per heavy atom. The molecule has 1 N–H and O–H groups in total. The largest absolute Gasteiger partial charge is 0.316 e. The van der Waals surface area contributed by atoms with Crippen molar-refractivity contribution < 1.29 is 0 Å². The van der Waals surface area contributed by atoms with Gasteiger partial charge in [-0.1, -0.05) is 25.7 Å². The molecule has 2 atom stereocenters. The van der Waals surface area contributed by atoms with E-state index in [0.29, 0.717) is 0 Å². The Hall–Kier alpha value is -0.0400. The topological polar surface area (TPSA) is 12.0 Å². The second-order valence-corrected chi connectivity index (χ2v) is 4.17. The van der Waals surface area contributed by atoms with Crippen LogP contribution < -0.4 is 5.32 Å². The number of rotatable bonds is 0. The van der Waals surface area contributed by atoms with E-state index >= 15 is 0 Å². The lowest BCUT2D eigenvalue weighted by atomic mass is 9.84. The zero-order valence-corrected chi connectivity index (χ0v) is 7.31. The van der Waals surface area contributed by atoms with Gasteiger partial charge in [0.05, 0.1) is 0 Å². The van der Waals surface area contributed by atoms with Crippen molar-refractivity contribution in [2.24, 2.45) is 11.8 Å². The van der Waals surface area contributed by atoms with Crippen LogP contribution >= 0.6 is 0 Å². The summed E-state index contributed by atoms with van der Waals surface area (Å²) in [6.07, 6.45) is 8.95. The molecule has 2 rings (SSSR count). The summed E-state index contributed by atoms with van der Waals surface area (Å²) in [7, 11) is 0. The van der Waals surface area contributed by atoms with Crippen LogP contribution in [-0.2, 0) is 0 Å². The van der Waals surface area contributed by atoms with Crippen LogP contribution in [-0.4, -0.2) is 13.1 Å². The van der Waals surface area contributed by atoms with Crippen LogP contribution in [0.5, 0.6) is 0 Å². The quantitative estimate of drug-likeness (QED) is 0.562. The van der Waals surface area contributed by atoms with E-state index in [1.807, 2.05) is 0 Å². The standard InChI is InChI=1S/C10H19N/c1-2-4-6-10-8-11-7-9(10)5-3-1/h9-11H,1-8H2. The number of nitrogens with one attached hydrogen (secondary N) is 1. The summed E-state index contributed by atoms with van der Waals surface area (Å²) in [5.74, 6) is 2.07. The van der Waals surface area contributed by atoms with Crippen molar-refractivity contribution in [1.29, 1.82) is 0 Å². The first-order valence-electron chi connectivity index (χ1n) is 5.17. The molecule has 1 heteroatoms. The Balaban J connectivity index is 1.89. The summed E-state index contributed by atoms with van der Waals surface area (Å²) in [4.78, 5) is 0. The SMILES string of the molecule is C1CCCC2CNCC2CC1.